The van der Waals surface area contributed by atoms with Crippen molar-refractivity contribution in [2.24, 2.45) is 0 Å². The average molecular weight is 870 g/mol. The van der Waals surface area contributed by atoms with Crippen molar-refractivity contribution >= 4 is 40.0 Å². The second kappa shape index (κ2) is 19.6. The summed E-state index contributed by atoms with van der Waals surface area (Å²) < 4.78 is 54.3. The number of nitrogens with zero attached hydrogens (tertiary/aromatic N) is 1. The number of hydrogen-bond acceptors (Lipinski definition) is 10. The molecule has 11 nitrogen and oxygen atoms in total. The van der Waals surface area contributed by atoms with Gasteiger partial charge >= 0.3 is 29.2 Å². The lowest BCUT2D eigenvalue weighted by molar-refractivity contribution is -0.201. The first-order chi connectivity index (χ1) is 29.3. The maximum Gasteiger partial charge on any atom is 0.410 e. The van der Waals surface area contributed by atoms with Gasteiger partial charge in [0.15, 0.2) is 6.29 Å². The van der Waals surface area contributed by atoms with E-state index in [1.165, 1.54) is 4.90 Å². The van der Waals surface area contributed by atoms with E-state index >= 15 is 0 Å². The third-order valence-electron chi connectivity index (χ3n) is 12.4. The van der Waals surface area contributed by atoms with Crippen molar-refractivity contribution in [1.29, 1.82) is 0 Å². The molecule has 328 valence electrons. The number of carbonyl (C=O) groups is 2. The van der Waals surface area contributed by atoms with Crippen LogP contribution in [-0.2, 0) is 61.3 Å². The summed E-state index contributed by atoms with van der Waals surface area (Å²) in [5.41, 5.74) is 3.18. The van der Waals surface area contributed by atoms with Crippen LogP contribution in [0.5, 0.6) is 0 Å². The zero-order valence-electron chi connectivity index (χ0n) is 36.9. The van der Waals surface area contributed by atoms with Gasteiger partial charge in [-0.3, -0.25) is 4.90 Å². The largest absolute Gasteiger partial charge is 0.459 e. The Balaban J connectivity index is 1.18. The molecule has 0 unspecified atom stereocenters. The van der Waals surface area contributed by atoms with Crippen LogP contribution in [0.25, 0.3) is 10.8 Å². The Labute approximate surface area is 363 Å². The van der Waals surface area contributed by atoms with Crippen LogP contribution in [0, 0.1) is 0 Å². The molecule has 6 atom stereocenters. The highest BCUT2D eigenvalue weighted by Gasteiger charge is 2.62. The number of esters is 1. The van der Waals surface area contributed by atoms with Crippen LogP contribution in [0.3, 0.4) is 0 Å². The fourth-order valence-corrected chi connectivity index (χ4v) is 20.3. The highest BCUT2D eigenvalue weighted by molar-refractivity contribution is 6.84. The van der Waals surface area contributed by atoms with Gasteiger partial charge in [-0.05, 0) is 55.7 Å². The van der Waals surface area contributed by atoms with Crippen molar-refractivity contribution in [3.63, 3.8) is 0 Å². The molecule has 7 rings (SSSR count). The van der Waals surface area contributed by atoms with Gasteiger partial charge in [-0.25, -0.2) is 9.59 Å². The Morgan fingerprint density at radius 1 is 0.689 bits per heavy atom. The molecule has 0 radical (unpaired) electrons. The zero-order valence-corrected chi connectivity index (χ0v) is 38.9. The molecular formula is C48H63NO10Si2. The van der Waals surface area contributed by atoms with Gasteiger partial charge in [0.05, 0.1) is 25.9 Å². The maximum absolute atomic E-state index is 13.8. The Hall–Kier alpha value is -3.93. The van der Waals surface area contributed by atoms with E-state index in [1.54, 1.807) is 0 Å². The second-order valence-electron chi connectivity index (χ2n) is 17.9. The molecule has 3 aliphatic rings. The van der Waals surface area contributed by atoms with Crippen molar-refractivity contribution in [1.82, 2.24) is 4.90 Å². The van der Waals surface area contributed by atoms with Crippen LogP contribution in [0.2, 0.25) is 22.2 Å². The number of likely N-dealkylation sites (tertiary alicyclic amines) is 1. The Morgan fingerprint density at radius 2 is 1.28 bits per heavy atom. The smallest absolute Gasteiger partial charge is 0.410 e. The number of rotatable bonds is 14. The molecule has 4 aromatic carbocycles. The maximum atomic E-state index is 13.8. The summed E-state index contributed by atoms with van der Waals surface area (Å²) in [7, 11) is -5.92. The molecular weight excluding hydrogens is 807 g/mol. The van der Waals surface area contributed by atoms with E-state index in [4.69, 9.17) is 36.7 Å². The number of ether oxygens (including phenoxy) is 5. The van der Waals surface area contributed by atoms with Gasteiger partial charge in [0.1, 0.15) is 37.6 Å². The summed E-state index contributed by atoms with van der Waals surface area (Å²) in [6.45, 7) is 18.3. The SMILES string of the molecule is CC(C)[Si]1(C(C)C)OC[C@@H]2O[C@H](O[C@@H]3C[C@@H](C(=O)OCc4ccccc4)N(C(=O)OCc4ccccc4)C3)[C@H](OCc3ccc4ccccc4c3)[C@H]2O[Si](C(C)C)(C(C)C)O1. The molecule has 0 N–H and O–H groups in total. The lowest BCUT2D eigenvalue weighted by Gasteiger charge is -2.51. The molecule has 0 bridgehead atoms. The Kier molecular flexibility index (Phi) is 14.5. The predicted molar refractivity (Wildman–Crippen MR) is 238 cm³/mol. The molecule has 3 fully saturated rings. The van der Waals surface area contributed by atoms with E-state index < -0.39 is 65.9 Å². The normalized spacial score (nSPS) is 24.9. The predicted octanol–water partition coefficient (Wildman–Crippen LogP) is 9.95. The molecule has 0 aliphatic carbocycles. The number of amides is 1. The number of hydrogen-bond donors (Lipinski definition) is 0. The number of carbonyl (C=O) groups excluding carboxylic acids is 2. The van der Waals surface area contributed by atoms with Crippen LogP contribution in [-0.4, -0.2) is 84.0 Å². The molecule has 3 heterocycles. The van der Waals surface area contributed by atoms with Gasteiger partial charge in [-0.2, -0.15) is 0 Å². The van der Waals surface area contributed by atoms with E-state index in [1.807, 2.05) is 72.8 Å². The van der Waals surface area contributed by atoms with Crippen molar-refractivity contribution in [3.8, 4) is 0 Å². The van der Waals surface area contributed by atoms with Crippen LogP contribution in [0.4, 0.5) is 4.79 Å². The van der Waals surface area contributed by atoms with E-state index in [9.17, 15) is 9.59 Å². The minimum Gasteiger partial charge on any atom is -0.459 e. The molecule has 0 saturated carbocycles. The highest BCUT2D eigenvalue weighted by Crippen LogP contribution is 2.48. The van der Waals surface area contributed by atoms with Crippen LogP contribution >= 0.6 is 0 Å². The fraction of sp³-hybridized carbons (Fsp3) is 0.500. The second-order valence-corrected chi connectivity index (χ2v) is 26.7. The standard InChI is InChI=1S/C48H63NO10Si2/c1-32(2)60(33(3)4)55-31-43-44(58-61(59-60,34(5)6)35(7)8)45(52-30-38-23-24-39-21-15-16-22-40(39)25-38)47(57-43)56-41-26-42(46(50)53-28-36-17-11-9-12-18-36)49(27-41)48(51)54-29-37-19-13-10-14-20-37/h9-25,32-35,41-45,47H,26-31H2,1-8H3/t41-,42+,43+,44+,45-,47+/m1/s1. The van der Waals surface area contributed by atoms with Gasteiger partial charge in [-0.1, -0.05) is 152 Å². The van der Waals surface area contributed by atoms with Gasteiger partial charge in [-0.15, -0.1) is 0 Å². The van der Waals surface area contributed by atoms with Gasteiger partial charge in [0, 0.05) is 6.42 Å². The third-order valence-corrected chi connectivity index (χ3v) is 22.6. The first-order valence-corrected chi connectivity index (χ1v) is 25.8. The molecule has 0 spiro atoms. The van der Waals surface area contributed by atoms with Crippen molar-refractivity contribution in [2.45, 2.75) is 141 Å². The monoisotopic (exact) mass is 869 g/mol. The molecule has 13 heteroatoms. The van der Waals surface area contributed by atoms with E-state index in [0.29, 0.717) is 0 Å². The minimum atomic E-state index is -3.06. The van der Waals surface area contributed by atoms with E-state index in [0.717, 1.165) is 27.5 Å². The molecule has 4 aromatic rings. The molecule has 61 heavy (non-hydrogen) atoms. The molecule has 0 aromatic heterocycles. The minimum absolute atomic E-state index is 0.0571. The summed E-state index contributed by atoms with van der Waals surface area (Å²) in [5.74, 6) is -0.535. The van der Waals surface area contributed by atoms with Crippen molar-refractivity contribution < 1.29 is 46.2 Å². The van der Waals surface area contributed by atoms with Gasteiger partial charge in [0.25, 0.3) is 0 Å². The Bertz CT molecular complexity index is 1990. The first-order valence-electron chi connectivity index (χ1n) is 21.9. The summed E-state index contributed by atoms with van der Waals surface area (Å²) in [4.78, 5) is 29.0. The van der Waals surface area contributed by atoms with Crippen LogP contribution < -0.4 is 0 Å². The van der Waals surface area contributed by atoms with Crippen LogP contribution in [0.1, 0.15) is 78.5 Å². The fourth-order valence-electron chi connectivity index (χ4n) is 9.05. The lowest BCUT2D eigenvalue weighted by atomic mass is 10.1. The van der Waals surface area contributed by atoms with Gasteiger partial charge < -0.3 is 36.7 Å². The third kappa shape index (κ3) is 10.00. The lowest BCUT2D eigenvalue weighted by Crippen LogP contribution is -2.66. The first kappa shape index (κ1) is 45.1. The van der Waals surface area contributed by atoms with Crippen molar-refractivity contribution in [2.75, 3.05) is 13.2 Å². The summed E-state index contributed by atoms with van der Waals surface area (Å²) in [6, 6.07) is 32.5. The highest BCUT2D eigenvalue weighted by atomic mass is 28.5. The van der Waals surface area contributed by atoms with Crippen LogP contribution in [0.15, 0.2) is 103 Å². The number of fused-ring (bicyclic) bond motifs is 2. The molecule has 3 aliphatic heterocycles. The van der Waals surface area contributed by atoms with E-state index in [-0.39, 0.29) is 61.6 Å². The Morgan fingerprint density at radius 3 is 1.90 bits per heavy atom. The van der Waals surface area contributed by atoms with E-state index in [2.05, 4.69) is 85.7 Å². The average Bonchev–Trinajstić information content (AvgIpc) is 3.81. The quantitative estimate of drug-likeness (QED) is 0.0897. The summed E-state index contributed by atoms with van der Waals surface area (Å²) in [6.07, 6.45) is -3.77. The van der Waals surface area contributed by atoms with Gasteiger partial charge in [0.2, 0.25) is 0 Å². The van der Waals surface area contributed by atoms with Crippen molar-refractivity contribution in [3.05, 3.63) is 120 Å². The molecule has 1 amide bonds. The zero-order chi connectivity index (χ0) is 43.3. The number of benzene rings is 4. The molecule has 3 saturated heterocycles. The summed E-state index contributed by atoms with van der Waals surface area (Å²) >= 11 is 0. The summed E-state index contributed by atoms with van der Waals surface area (Å²) in [5, 5.41) is 2.26. The topological polar surface area (TPSA) is 111 Å².